The van der Waals surface area contributed by atoms with E-state index in [0.29, 0.717) is 35.0 Å². The Labute approximate surface area is 192 Å². The number of thioether (sulfide) groups is 1. The third-order valence-corrected chi connectivity index (χ3v) is 8.13. The Hall–Kier alpha value is -2.21. The van der Waals surface area contributed by atoms with Gasteiger partial charge in [-0.3, -0.25) is 9.59 Å². The molecule has 0 aliphatic carbocycles. The van der Waals surface area contributed by atoms with E-state index in [9.17, 15) is 18.0 Å². The van der Waals surface area contributed by atoms with Gasteiger partial charge in [-0.05, 0) is 39.9 Å². The number of hydrogen-bond acceptors (Lipinski definition) is 9. The number of amides is 1. The van der Waals surface area contributed by atoms with Gasteiger partial charge in [0.05, 0.1) is 17.9 Å². The Kier molecular flexibility index (Phi) is 7.43. The molecule has 0 spiro atoms. The number of aromatic nitrogens is 4. The zero-order chi connectivity index (χ0) is 23.6. The first-order valence-electron chi connectivity index (χ1n) is 10.5. The molecule has 1 fully saturated rings. The van der Waals surface area contributed by atoms with Crippen molar-refractivity contribution in [3.63, 3.8) is 0 Å². The van der Waals surface area contributed by atoms with Crippen LogP contribution >= 0.6 is 11.8 Å². The summed E-state index contributed by atoms with van der Waals surface area (Å²) in [6.45, 7) is 7.01. The standard InChI is InChI=1S/C20H29N5O5S2/c1-6-12(2)24(15-7-8-32(28,29)11-15)17(26)10-30-18(27)9-16-13(3)21-19-22-20(31-5)23-25(19)14(16)4/h12,15H,6-11H2,1-5H3/t12-,15+/m0/s1. The summed E-state index contributed by atoms with van der Waals surface area (Å²) in [5.41, 5.74) is 2.06. The SMILES string of the molecule is CC[C@H](C)N(C(=O)COC(=O)Cc1c(C)nc2nc(SC)nn2c1C)[C@@H]1CCS(=O)(=O)C1. The van der Waals surface area contributed by atoms with Crippen molar-refractivity contribution in [3.05, 3.63) is 17.0 Å². The molecular formula is C20H29N5O5S2. The molecule has 0 unspecified atom stereocenters. The van der Waals surface area contributed by atoms with Gasteiger partial charge in [0, 0.05) is 29.0 Å². The van der Waals surface area contributed by atoms with Crippen molar-refractivity contribution in [2.24, 2.45) is 0 Å². The van der Waals surface area contributed by atoms with E-state index >= 15 is 0 Å². The number of rotatable bonds is 8. The second-order valence-electron chi connectivity index (χ2n) is 8.02. The molecule has 32 heavy (non-hydrogen) atoms. The van der Waals surface area contributed by atoms with E-state index in [-0.39, 0.29) is 35.9 Å². The summed E-state index contributed by atoms with van der Waals surface area (Å²) < 4.78 is 30.6. The highest BCUT2D eigenvalue weighted by atomic mass is 32.2. The van der Waals surface area contributed by atoms with Crippen LogP contribution in [-0.2, 0) is 30.6 Å². The van der Waals surface area contributed by atoms with Gasteiger partial charge in [-0.15, -0.1) is 5.10 Å². The van der Waals surface area contributed by atoms with Crippen molar-refractivity contribution < 1.29 is 22.7 Å². The number of sulfone groups is 1. The van der Waals surface area contributed by atoms with E-state index in [1.54, 1.807) is 16.3 Å². The van der Waals surface area contributed by atoms with Crippen LogP contribution in [0.3, 0.4) is 0 Å². The molecule has 10 nitrogen and oxygen atoms in total. The predicted molar refractivity (Wildman–Crippen MR) is 120 cm³/mol. The first-order valence-corrected chi connectivity index (χ1v) is 13.5. The Bertz CT molecular complexity index is 1130. The van der Waals surface area contributed by atoms with Crippen LogP contribution in [0.25, 0.3) is 5.78 Å². The maximum absolute atomic E-state index is 12.9. The summed E-state index contributed by atoms with van der Waals surface area (Å²) in [5, 5.41) is 4.95. The van der Waals surface area contributed by atoms with E-state index in [1.165, 1.54) is 11.8 Å². The maximum Gasteiger partial charge on any atom is 0.310 e. The van der Waals surface area contributed by atoms with Crippen molar-refractivity contribution in [1.29, 1.82) is 0 Å². The van der Waals surface area contributed by atoms with Gasteiger partial charge in [0.25, 0.3) is 11.7 Å². The number of fused-ring (bicyclic) bond motifs is 1. The highest BCUT2D eigenvalue weighted by molar-refractivity contribution is 7.98. The summed E-state index contributed by atoms with van der Waals surface area (Å²) in [5.74, 6) is -0.437. The third-order valence-electron chi connectivity index (χ3n) is 5.85. The number of hydrogen-bond donors (Lipinski definition) is 0. The van der Waals surface area contributed by atoms with Gasteiger partial charge in [-0.1, -0.05) is 18.7 Å². The number of carbonyl (C=O) groups is 2. The van der Waals surface area contributed by atoms with Crippen LogP contribution in [0.15, 0.2) is 5.16 Å². The van der Waals surface area contributed by atoms with Crippen molar-refractivity contribution in [2.45, 2.75) is 64.2 Å². The van der Waals surface area contributed by atoms with E-state index < -0.39 is 22.4 Å². The average molecular weight is 484 g/mol. The van der Waals surface area contributed by atoms with Crippen LogP contribution in [0.2, 0.25) is 0 Å². The molecule has 12 heteroatoms. The molecule has 0 bridgehead atoms. The molecule has 0 saturated carbocycles. The second-order valence-corrected chi connectivity index (χ2v) is 11.0. The van der Waals surface area contributed by atoms with E-state index in [1.807, 2.05) is 27.0 Å². The Balaban J connectivity index is 1.69. The summed E-state index contributed by atoms with van der Waals surface area (Å²) in [4.78, 5) is 35.7. The molecule has 2 aromatic heterocycles. The lowest BCUT2D eigenvalue weighted by Crippen LogP contribution is -2.48. The number of esters is 1. The molecule has 1 aliphatic rings. The fraction of sp³-hybridized carbons (Fsp3) is 0.650. The van der Waals surface area contributed by atoms with Crippen LogP contribution in [-0.4, -0.2) is 81.2 Å². The lowest BCUT2D eigenvalue weighted by Gasteiger charge is -2.33. The molecule has 1 saturated heterocycles. The van der Waals surface area contributed by atoms with Crippen LogP contribution in [0.4, 0.5) is 0 Å². The largest absolute Gasteiger partial charge is 0.455 e. The van der Waals surface area contributed by atoms with Crippen LogP contribution < -0.4 is 0 Å². The fourth-order valence-corrected chi connectivity index (χ4v) is 5.99. The summed E-state index contributed by atoms with van der Waals surface area (Å²) in [6, 6.07) is -0.524. The summed E-state index contributed by atoms with van der Waals surface area (Å²) in [6.07, 6.45) is 2.90. The van der Waals surface area contributed by atoms with Crippen LogP contribution in [0, 0.1) is 13.8 Å². The van der Waals surface area contributed by atoms with E-state index in [2.05, 4.69) is 15.1 Å². The molecule has 1 aliphatic heterocycles. The zero-order valence-corrected chi connectivity index (χ0v) is 20.6. The third kappa shape index (κ3) is 5.22. The maximum atomic E-state index is 12.9. The van der Waals surface area contributed by atoms with Crippen LogP contribution in [0.5, 0.6) is 0 Å². The first kappa shape index (κ1) is 24.4. The van der Waals surface area contributed by atoms with Crippen molar-refractivity contribution in [2.75, 3.05) is 24.4 Å². The lowest BCUT2D eigenvalue weighted by atomic mass is 10.1. The van der Waals surface area contributed by atoms with E-state index in [4.69, 9.17) is 4.74 Å². The number of nitrogens with zero attached hydrogens (tertiary/aromatic N) is 5. The molecule has 3 rings (SSSR count). The molecule has 0 aromatic carbocycles. The molecule has 2 aromatic rings. The normalized spacial score (nSPS) is 18.6. The Morgan fingerprint density at radius 2 is 2.03 bits per heavy atom. The lowest BCUT2D eigenvalue weighted by molar-refractivity contribution is -0.153. The smallest absolute Gasteiger partial charge is 0.310 e. The Morgan fingerprint density at radius 1 is 1.31 bits per heavy atom. The average Bonchev–Trinajstić information content (AvgIpc) is 3.32. The van der Waals surface area contributed by atoms with Crippen molar-refractivity contribution in [1.82, 2.24) is 24.5 Å². The van der Waals surface area contributed by atoms with Gasteiger partial charge in [0.15, 0.2) is 16.4 Å². The molecule has 1 amide bonds. The summed E-state index contributed by atoms with van der Waals surface area (Å²) >= 11 is 1.40. The van der Waals surface area contributed by atoms with Crippen LogP contribution in [0.1, 0.15) is 43.6 Å². The second kappa shape index (κ2) is 9.74. The number of aryl methyl sites for hydroxylation is 2. The molecule has 3 heterocycles. The van der Waals surface area contributed by atoms with Gasteiger partial charge in [0.1, 0.15) is 0 Å². The predicted octanol–water partition coefficient (Wildman–Crippen LogP) is 1.36. The molecule has 2 atom stereocenters. The number of ether oxygens (including phenoxy) is 1. The van der Waals surface area contributed by atoms with Gasteiger partial charge in [-0.25, -0.2) is 17.9 Å². The highest BCUT2D eigenvalue weighted by Crippen LogP contribution is 2.22. The minimum atomic E-state index is -3.14. The quantitative estimate of drug-likeness (QED) is 0.404. The minimum Gasteiger partial charge on any atom is -0.455 e. The molecule has 0 N–H and O–H groups in total. The van der Waals surface area contributed by atoms with Gasteiger partial charge >= 0.3 is 5.97 Å². The fourth-order valence-electron chi connectivity index (χ4n) is 3.95. The van der Waals surface area contributed by atoms with Crippen molar-refractivity contribution in [3.8, 4) is 0 Å². The van der Waals surface area contributed by atoms with Gasteiger partial charge < -0.3 is 9.64 Å². The Morgan fingerprint density at radius 3 is 2.62 bits per heavy atom. The topological polar surface area (TPSA) is 124 Å². The first-order chi connectivity index (χ1) is 15.1. The number of carbonyl (C=O) groups excluding carboxylic acids is 2. The van der Waals surface area contributed by atoms with E-state index in [0.717, 1.165) is 5.69 Å². The minimum absolute atomic E-state index is 0.0446. The summed E-state index contributed by atoms with van der Waals surface area (Å²) in [7, 11) is -3.14. The molecule has 0 radical (unpaired) electrons. The van der Waals surface area contributed by atoms with Gasteiger partial charge in [0.2, 0.25) is 5.16 Å². The molecular weight excluding hydrogens is 454 g/mol. The van der Waals surface area contributed by atoms with Crippen molar-refractivity contribution >= 4 is 39.3 Å². The molecule has 176 valence electrons. The van der Waals surface area contributed by atoms with Gasteiger partial charge in [-0.2, -0.15) is 4.98 Å². The monoisotopic (exact) mass is 483 g/mol. The highest BCUT2D eigenvalue weighted by Gasteiger charge is 2.36. The zero-order valence-electron chi connectivity index (χ0n) is 19.0.